The zero-order chi connectivity index (χ0) is 22.5. The Kier molecular flexibility index (Phi) is 10.9. The molecule has 0 aliphatic carbocycles. The monoisotopic (exact) mass is 448 g/mol. The molecule has 2 aromatic carbocycles. The number of phenolic OH excluding ortho intramolecular Hbond substituents is 1. The highest BCUT2D eigenvalue weighted by Crippen LogP contribution is 2.29. The molecule has 0 amide bonds. The average Bonchev–Trinajstić information content (AvgIpc) is 2.71. The number of aryl methyl sites for hydroxylation is 1. The van der Waals surface area contributed by atoms with Crippen LogP contribution in [-0.2, 0) is 16.5 Å². The van der Waals surface area contributed by atoms with Gasteiger partial charge in [-0.1, -0.05) is 77.2 Å². The summed E-state index contributed by atoms with van der Waals surface area (Å²) in [6.07, 6.45) is 14.0. The van der Waals surface area contributed by atoms with Crippen LogP contribution in [0.15, 0.2) is 47.4 Å². The fourth-order valence-electron chi connectivity index (χ4n) is 3.73. The first-order valence-electron chi connectivity index (χ1n) is 11.5. The molecule has 2 rings (SSSR count). The number of benzene rings is 2. The molecule has 0 atom stereocenters. The lowest BCUT2D eigenvalue weighted by atomic mass is 10.0. The lowest BCUT2D eigenvalue weighted by Crippen LogP contribution is -2.04. The third kappa shape index (κ3) is 9.74. The summed E-state index contributed by atoms with van der Waals surface area (Å²) in [4.78, 5) is -0.0668. The van der Waals surface area contributed by atoms with E-state index >= 15 is 0 Å². The highest BCUT2D eigenvalue weighted by molar-refractivity contribution is 7.85. The van der Waals surface area contributed by atoms with E-state index in [9.17, 15) is 18.1 Å². The van der Waals surface area contributed by atoms with E-state index in [1.165, 1.54) is 69.6 Å². The standard InChI is InChI=1S/C25H36O5S/c1-2-3-4-5-6-7-8-9-10-11-12-14-21-19-24(17-18-25(21)31(27,28)29)30-23-16-13-15-22(26)20-23/h13,15-20,26H,2-12,14H2,1H3,(H,27,28,29). The lowest BCUT2D eigenvalue weighted by molar-refractivity contribution is 0.454. The van der Waals surface area contributed by atoms with Crippen molar-refractivity contribution in [1.29, 1.82) is 0 Å². The summed E-state index contributed by atoms with van der Waals surface area (Å²) in [5.41, 5.74) is 0.552. The molecule has 0 saturated carbocycles. The summed E-state index contributed by atoms with van der Waals surface area (Å²) >= 11 is 0. The van der Waals surface area contributed by atoms with Gasteiger partial charge in [0.15, 0.2) is 0 Å². The van der Waals surface area contributed by atoms with E-state index in [0.29, 0.717) is 23.5 Å². The molecule has 31 heavy (non-hydrogen) atoms. The van der Waals surface area contributed by atoms with Gasteiger partial charge in [-0.3, -0.25) is 4.55 Å². The van der Waals surface area contributed by atoms with Gasteiger partial charge in [0.05, 0.1) is 4.90 Å². The predicted molar refractivity (Wildman–Crippen MR) is 125 cm³/mol. The Bertz CT molecular complexity index is 893. The maximum absolute atomic E-state index is 11.8. The molecule has 0 saturated heterocycles. The molecule has 6 heteroatoms. The van der Waals surface area contributed by atoms with Crippen molar-refractivity contribution in [3.63, 3.8) is 0 Å². The number of phenols is 1. The fourth-order valence-corrected chi connectivity index (χ4v) is 4.46. The van der Waals surface area contributed by atoms with Gasteiger partial charge in [-0.2, -0.15) is 8.42 Å². The molecule has 2 N–H and O–H groups in total. The summed E-state index contributed by atoms with van der Waals surface area (Å²) in [7, 11) is -4.29. The van der Waals surface area contributed by atoms with Crippen LogP contribution in [0, 0.1) is 0 Å². The van der Waals surface area contributed by atoms with Crippen molar-refractivity contribution in [2.24, 2.45) is 0 Å². The van der Waals surface area contributed by atoms with E-state index in [0.717, 1.165) is 19.3 Å². The van der Waals surface area contributed by atoms with Crippen LogP contribution >= 0.6 is 0 Å². The van der Waals surface area contributed by atoms with Crippen LogP contribution in [0.25, 0.3) is 0 Å². The van der Waals surface area contributed by atoms with Gasteiger partial charge in [0, 0.05) is 6.07 Å². The zero-order valence-corrected chi connectivity index (χ0v) is 19.4. The Labute approximate surface area is 187 Å². The van der Waals surface area contributed by atoms with Crippen LogP contribution in [-0.4, -0.2) is 18.1 Å². The lowest BCUT2D eigenvalue weighted by Gasteiger charge is -2.11. The van der Waals surface area contributed by atoms with Gasteiger partial charge in [0.25, 0.3) is 10.1 Å². The Hall–Kier alpha value is -2.05. The first-order chi connectivity index (χ1) is 14.9. The van der Waals surface area contributed by atoms with Crippen molar-refractivity contribution in [3.8, 4) is 17.2 Å². The van der Waals surface area contributed by atoms with E-state index in [1.54, 1.807) is 24.3 Å². The molecule has 2 aromatic rings. The first kappa shape index (κ1) is 25.2. The predicted octanol–water partition coefficient (Wildman–Crippen LogP) is 7.28. The van der Waals surface area contributed by atoms with Crippen LogP contribution in [0.2, 0.25) is 0 Å². The average molecular weight is 449 g/mol. The van der Waals surface area contributed by atoms with Crippen molar-refractivity contribution in [2.75, 3.05) is 0 Å². The van der Waals surface area contributed by atoms with Gasteiger partial charge >= 0.3 is 0 Å². The number of hydrogen-bond acceptors (Lipinski definition) is 4. The van der Waals surface area contributed by atoms with Crippen molar-refractivity contribution in [1.82, 2.24) is 0 Å². The molecular weight excluding hydrogens is 412 g/mol. The summed E-state index contributed by atoms with van der Waals surface area (Å²) in [6.45, 7) is 2.23. The van der Waals surface area contributed by atoms with Crippen molar-refractivity contribution < 1.29 is 22.8 Å². The van der Waals surface area contributed by atoms with Crippen molar-refractivity contribution in [3.05, 3.63) is 48.0 Å². The van der Waals surface area contributed by atoms with Gasteiger partial charge in [-0.15, -0.1) is 0 Å². The van der Waals surface area contributed by atoms with Gasteiger partial charge in [-0.05, 0) is 48.7 Å². The molecule has 0 bridgehead atoms. The molecule has 0 unspecified atom stereocenters. The van der Waals surface area contributed by atoms with E-state index in [-0.39, 0.29) is 10.6 Å². The molecule has 0 aliphatic rings. The Morgan fingerprint density at radius 2 is 1.35 bits per heavy atom. The van der Waals surface area contributed by atoms with Gasteiger partial charge in [0.2, 0.25) is 0 Å². The molecular formula is C25H36O5S. The second kappa shape index (κ2) is 13.4. The molecule has 0 radical (unpaired) electrons. The Morgan fingerprint density at radius 3 is 1.94 bits per heavy atom. The van der Waals surface area contributed by atoms with E-state index in [2.05, 4.69) is 6.92 Å². The number of hydrogen-bond donors (Lipinski definition) is 2. The SMILES string of the molecule is CCCCCCCCCCCCCc1cc(Oc2cccc(O)c2)ccc1S(=O)(=O)O. The first-order valence-corrected chi connectivity index (χ1v) is 12.9. The topological polar surface area (TPSA) is 83.8 Å². The number of rotatable bonds is 15. The highest BCUT2D eigenvalue weighted by Gasteiger charge is 2.16. The van der Waals surface area contributed by atoms with Gasteiger partial charge < -0.3 is 9.84 Å². The second-order valence-electron chi connectivity index (χ2n) is 8.13. The normalized spacial score (nSPS) is 11.5. The van der Waals surface area contributed by atoms with E-state index < -0.39 is 10.1 Å². The van der Waals surface area contributed by atoms with Crippen LogP contribution in [0.5, 0.6) is 17.2 Å². The Balaban J connectivity index is 1.83. The molecule has 5 nitrogen and oxygen atoms in total. The van der Waals surface area contributed by atoms with Crippen LogP contribution in [0.1, 0.15) is 83.1 Å². The molecule has 0 aromatic heterocycles. The number of unbranched alkanes of at least 4 members (excludes halogenated alkanes) is 10. The molecule has 0 fully saturated rings. The summed E-state index contributed by atoms with van der Waals surface area (Å²) < 4.78 is 38.8. The van der Waals surface area contributed by atoms with Crippen LogP contribution < -0.4 is 4.74 Å². The third-order valence-corrected chi connectivity index (χ3v) is 6.37. The van der Waals surface area contributed by atoms with Crippen LogP contribution in [0.4, 0.5) is 0 Å². The second-order valence-corrected chi connectivity index (χ2v) is 9.52. The number of ether oxygens (including phenoxy) is 1. The molecule has 172 valence electrons. The van der Waals surface area contributed by atoms with Gasteiger partial charge in [-0.25, -0.2) is 0 Å². The van der Waals surface area contributed by atoms with E-state index in [4.69, 9.17) is 4.74 Å². The minimum atomic E-state index is -4.29. The minimum Gasteiger partial charge on any atom is -0.508 e. The maximum atomic E-state index is 11.8. The van der Waals surface area contributed by atoms with Gasteiger partial charge in [0.1, 0.15) is 17.2 Å². The zero-order valence-electron chi connectivity index (χ0n) is 18.6. The molecule has 0 heterocycles. The molecule has 0 aliphatic heterocycles. The third-order valence-electron chi connectivity index (χ3n) is 5.41. The molecule has 0 spiro atoms. The largest absolute Gasteiger partial charge is 0.508 e. The maximum Gasteiger partial charge on any atom is 0.294 e. The quantitative estimate of drug-likeness (QED) is 0.221. The summed E-state index contributed by atoms with van der Waals surface area (Å²) in [5, 5.41) is 9.57. The number of aromatic hydroxyl groups is 1. The van der Waals surface area contributed by atoms with E-state index in [1.807, 2.05) is 0 Å². The smallest absolute Gasteiger partial charge is 0.294 e. The summed E-state index contributed by atoms with van der Waals surface area (Å²) in [6, 6.07) is 11.0. The fraction of sp³-hybridized carbons (Fsp3) is 0.520. The van der Waals surface area contributed by atoms with Crippen LogP contribution in [0.3, 0.4) is 0 Å². The van der Waals surface area contributed by atoms with Crippen molar-refractivity contribution in [2.45, 2.75) is 88.9 Å². The highest BCUT2D eigenvalue weighted by atomic mass is 32.2. The summed E-state index contributed by atoms with van der Waals surface area (Å²) in [5.74, 6) is 1.02. The minimum absolute atomic E-state index is 0.0668. The Morgan fingerprint density at radius 1 is 0.774 bits per heavy atom. The van der Waals surface area contributed by atoms with Crippen molar-refractivity contribution >= 4 is 10.1 Å².